The lowest BCUT2D eigenvalue weighted by molar-refractivity contribution is 0.0380. The zero-order chi connectivity index (χ0) is 12.2. The van der Waals surface area contributed by atoms with Crippen LogP contribution in [-0.2, 0) is 9.30 Å². The van der Waals surface area contributed by atoms with E-state index in [-0.39, 0.29) is 5.16 Å². The van der Waals surface area contributed by atoms with Crippen molar-refractivity contribution < 1.29 is 9.30 Å². The number of hydrogen-bond donors (Lipinski definition) is 0. The van der Waals surface area contributed by atoms with E-state index in [1.165, 1.54) is 0 Å². The summed E-state index contributed by atoms with van der Waals surface area (Å²) in [5.41, 5.74) is 0. The second-order valence-electron chi connectivity index (χ2n) is 5.80. The van der Waals surface area contributed by atoms with Crippen molar-refractivity contribution in [1.29, 1.82) is 0 Å². The predicted octanol–water partition coefficient (Wildman–Crippen LogP) is 2.50. The minimum Gasteiger partial charge on any atom is -0.379 e. The highest BCUT2D eigenvalue weighted by molar-refractivity contribution is 7.64. The van der Waals surface area contributed by atoms with Crippen LogP contribution in [0.3, 0.4) is 0 Å². The van der Waals surface area contributed by atoms with E-state index in [2.05, 4.69) is 25.7 Å². The molecule has 0 aromatic heterocycles. The molecule has 16 heavy (non-hydrogen) atoms. The van der Waals surface area contributed by atoms with Crippen LogP contribution in [0.25, 0.3) is 0 Å². The maximum absolute atomic E-state index is 12.4. The quantitative estimate of drug-likeness (QED) is 0.715. The monoisotopic (exact) mass is 247 g/mol. The van der Waals surface area contributed by atoms with Gasteiger partial charge in [-0.1, -0.05) is 20.8 Å². The molecule has 0 aromatic rings. The van der Waals surface area contributed by atoms with Crippen LogP contribution >= 0.6 is 7.14 Å². The summed E-state index contributed by atoms with van der Waals surface area (Å²) in [5, 5.41) is -0.0436. The normalized spacial score (nSPS) is 23.0. The van der Waals surface area contributed by atoms with Crippen molar-refractivity contribution in [2.45, 2.75) is 32.3 Å². The zero-order valence-electron chi connectivity index (χ0n) is 11.2. The van der Waals surface area contributed by atoms with E-state index >= 15 is 0 Å². The third kappa shape index (κ3) is 4.20. The van der Waals surface area contributed by atoms with Crippen molar-refractivity contribution in [3.63, 3.8) is 0 Å². The van der Waals surface area contributed by atoms with Crippen LogP contribution in [0.4, 0.5) is 0 Å². The van der Waals surface area contributed by atoms with Gasteiger partial charge in [0.05, 0.1) is 20.4 Å². The van der Waals surface area contributed by atoms with Crippen molar-refractivity contribution >= 4 is 7.14 Å². The van der Waals surface area contributed by atoms with Crippen LogP contribution in [-0.4, -0.2) is 55.7 Å². The molecule has 1 fully saturated rings. The molecule has 1 heterocycles. The Hall–Kier alpha value is 0.150. The second-order valence-corrected chi connectivity index (χ2v) is 9.79. The van der Waals surface area contributed by atoms with E-state index in [0.29, 0.717) is 0 Å². The standard InChI is InChI=1S/C12H26NO2P/c1-12(2,3)16(4,14)11-5-6-13-7-9-15-10-8-13/h5-11H2,1-4H3. The molecule has 1 saturated heterocycles. The minimum absolute atomic E-state index is 0.0436. The molecule has 0 amide bonds. The highest BCUT2D eigenvalue weighted by Gasteiger charge is 2.30. The van der Waals surface area contributed by atoms with Gasteiger partial charge in [0.2, 0.25) is 0 Å². The molecule has 1 aliphatic heterocycles. The van der Waals surface area contributed by atoms with Crippen LogP contribution in [0.15, 0.2) is 0 Å². The molecule has 0 N–H and O–H groups in total. The van der Waals surface area contributed by atoms with Gasteiger partial charge >= 0.3 is 0 Å². The van der Waals surface area contributed by atoms with Gasteiger partial charge in [0.15, 0.2) is 0 Å². The van der Waals surface area contributed by atoms with Gasteiger partial charge in [0.1, 0.15) is 0 Å². The lowest BCUT2D eigenvalue weighted by atomic mass is 10.3. The van der Waals surface area contributed by atoms with Crippen molar-refractivity contribution in [3.05, 3.63) is 0 Å². The van der Waals surface area contributed by atoms with Crippen LogP contribution in [0.1, 0.15) is 27.2 Å². The summed E-state index contributed by atoms with van der Waals surface area (Å²) in [5.74, 6) is 0. The van der Waals surface area contributed by atoms with Crippen LogP contribution in [0, 0.1) is 0 Å². The van der Waals surface area contributed by atoms with Crippen molar-refractivity contribution in [2.24, 2.45) is 0 Å². The number of ether oxygens (including phenoxy) is 1. The Kier molecular flexibility index (Phi) is 5.03. The minimum atomic E-state index is -2.00. The molecule has 0 spiro atoms. The van der Waals surface area contributed by atoms with Crippen LogP contribution in [0.5, 0.6) is 0 Å². The Morgan fingerprint density at radius 3 is 2.31 bits per heavy atom. The smallest absolute Gasteiger partial charge is 0.0899 e. The maximum atomic E-state index is 12.4. The van der Waals surface area contributed by atoms with Gasteiger partial charge in [-0.25, -0.2) is 0 Å². The molecule has 0 radical (unpaired) electrons. The average molecular weight is 247 g/mol. The molecule has 1 atom stereocenters. The summed E-state index contributed by atoms with van der Waals surface area (Å²) in [7, 11) is -2.00. The Bertz CT molecular complexity index is 254. The van der Waals surface area contributed by atoms with E-state index in [0.717, 1.165) is 45.4 Å². The first-order chi connectivity index (χ1) is 7.33. The lowest BCUT2D eigenvalue weighted by Crippen LogP contribution is -2.37. The van der Waals surface area contributed by atoms with Crippen LogP contribution < -0.4 is 0 Å². The first-order valence-corrected chi connectivity index (χ1v) is 8.53. The Morgan fingerprint density at radius 1 is 1.25 bits per heavy atom. The third-order valence-corrected chi connectivity index (χ3v) is 7.59. The Balaban J connectivity index is 2.26. The van der Waals surface area contributed by atoms with E-state index in [4.69, 9.17) is 4.74 Å². The summed E-state index contributed by atoms with van der Waals surface area (Å²) >= 11 is 0. The molecule has 3 nitrogen and oxygen atoms in total. The lowest BCUT2D eigenvalue weighted by Gasteiger charge is -2.30. The van der Waals surface area contributed by atoms with Crippen molar-refractivity contribution in [3.8, 4) is 0 Å². The van der Waals surface area contributed by atoms with Crippen LogP contribution in [0.2, 0.25) is 0 Å². The van der Waals surface area contributed by atoms with E-state index in [9.17, 15) is 4.57 Å². The van der Waals surface area contributed by atoms with Gasteiger partial charge in [-0.05, 0) is 19.6 Å². The summed E-state index contributed by atoms with van der Waals surface area (Å²) in [6.45, 7) is 13.0. The fourth-order valence-electron chi connectivity index (χ4n) is 1.76. The largest absolute Gasteiger partial charge is 0.379 e. The molecule has 4 heteroatoms. The highest BCUT2D eigenvalue weighted by atomic mass is 31.2. The fourth-order valence-corrected chi connectivity index (χ4v) is 3.17. The van der Waals surface area contributed by atoms with Crippen molar-refractivity contribution in [1.82, 2.24) is 4.90 Å². The summed E-state index contributed by atoms with van der Waals surface area (Å²) in [6.07, 6.45) is 1.92. The maximum Gasteiger partial charge on any atom is 0.0899 e. The van der Waals surface area contributed by atoms with Gasteiger partial charge in [-0.15, -0.1) is 0 Å². The molecular weight excluding hydrogens is 221 g/mol. The molecule has 1 unspecified atom stereocenters. The predicted molar refractivity (Wildman–Crippen MR) is 70.0 cm³/mol. The van der Waals surface area contributed by atoms with Gasteiger partial charge < -0.3 is 9.30 Å². The highest BCUT2D eigenvalue weighted by Crippen LogP contribution is 2.54. The summed E-state index contributed by atoms with van der Waals surface area (Å²) in [6, 6.07) is 0. The first kappa shape index (κ1) is 14.2. The van der Waals surface area contributed by atoms with Gasteiger partial charge in [0, 0.05) is 24.4 Å². The number of hydrogen-bond acceptors (Lipinski definition) is 3. The molecule has 1 aliphatic rings. The van der Waals surface area contributed by atoms with Gasteiger partial charge in [-0.2, -0.15) is 0 Å². The third-order valence-electron chi connectivity index (χ3n) is 3.58. The van der Waals surface area contributed by atoms with E-state index in [1.807, 2.05) is 6.66 Å². The molecule has 0 aromatic carbocycles. The van der Waals surface area contributed by atoms with E-state index in [1.54, 1.807) is 0 Å². The fraction of sp³-hybridized carbons (Fsp3) is 1.00. The molecular formula is C12H26NO2P. The second kappa shape index (κ2) is 5.66. The Morgan fingerprint density at radius 2 is 1.81 bits per heavy atom. The number of nitrogens with zero attached hydrogens (tertiary/aromatic N) is 1. The molecule has 0 bridgehead atoms. The van der Waals surface area contributed by atoms with Gasteiger partial charge in [0.25, 0.3) is 0 Å². The summed E-state index contributed by atoms with van der Waals surface area (Å²) < 4.78 is 17.7. The number of rotatable bonds is 4. The first-order valence-electron chi connectivity index (χ1n) is 6.20. The molecule has 0 aliphatic carbocycles. The van der Waals surface area contributed by atoms with E-state index < -0.39 is 7.14 Å². The molecule has 0 saturated carbocycles. The zero-order valence-corrected chi connectivity index (χ0v) is 12.1. The topological polar surface area (TPSA) is 29.5 Å². The molecule has 1 rings (SSSR count). The summed E-state index contributed by atoms with van der Waals surface area (Å²) in [4.78, 5) is 2.41. The average Bonchev–Trinajstić information content (AvgIpc) is 2.17. The molecule has 96 valence electrons. The Labute approximate surface area is 99.9 Å². The van der Waals surface area contributed by atoms with Gasteiger partial charge in [-0.3, -0.25) is 4.90 Å². The SMILES string of the molecule is CC(C)(C)P(C)(=O)CCCN1CCOCC1. The number of morpholine rings is 1. The van der Waals surface area contributed by atoms with Crippen molar-refractivity contribution in [2.75, 3.05) is 45.7 Å².